The SMILES string of the molecule is CCN(CC(=O)NCc1cccs1)C(=O)Cn1cnc2c(cnn2C)c1=O. The second-order valence-corrected chi connectivity index (χ2v) is 6.98. The van der Waals surface area contributed by atoms with E-state index in [4.69, 9.17) is 0 Å². The van der Waals surface area contributed by atoms with Gasteiger partial charge in [-0.3, -0.25) is 23.6 Å². The molecule has 3 aromatic heterocycles. The minimum atomic E-state index is -0.334. The molecule has 0 aliphatic rings. The predicted molar refractivity (Wildman–Crippen MR) is 101 cm³/mol. The Morgan fingerprint density at radius 2 is 2.19 bits per heavy atom. The molecular weight excluding hydrogens is 368 g/mol. The molecule has 0 aliphatic heterocycles. The molecule has 27 heavy (non-hydrogen) atoms. The maximum absolute atomic E-state index is 12.5. The predicted octanol–water partition coefficient (Wildman–Crippen LogP) is 0.356. The van der Waals surface area contributed by atoms with Gasteiger partial charge in [-0.15, -0.1) is 11.3 Å². The van der Waals surface area contributed by atoms with Crippen molar-refractivity contribution >= 4 is 34.2 Å². The number of fused-ring (bicyclic) bond motifs is 1. The molecule has 0 unspecified atom stereocenters. The fourth-order valence-electron chi connectivity index (χ4n) is 2.63. The molecule has 0 aliphatic carbocycles. The lowest BCUT2D eigenvalue weighted by Crippen LogP contribution is -2.42. The molecule has 0 saturated heterocycles. The molecule has 3 aromatic rings. The van der Waals surface area contributed by atoms with Crippen molar-refractivity contribution < 1.29 is 9.59 Å². The van der Waals surface area contributed by atoms with Crippen molar-refractivity contribution in [1.29, 1.82) is 0 Å². The average Bonchev–Trinajstić information content (AvgIpc) is 3.30. The van der Waals surface area contributed by atoms with E-state index in [9.17, 15) is 14.4 Å². The third-order valence-electron chi connectivity index (χ3n) is 4.13. The molecule has 0 fully saturated rings. The number of rotatable bonds is 7. The second kappa shape index (κ2) is 8.12. The van der Waals surface area contributed by atoms with E-state index in [1.807, 2.05) is 17.5 Å². The van der Waals surface area contributed by atoms with Gasteiger partial charge in [0.2, 0.25) is 11.8 Å². The molecule has 3 heterocycles. The minimum Gasteiger partial charge on any atom is -0.350 e. The lowest BCUT2D eigenvalue weighted by Gasteiger charge is -2.20. The lowest BCUT2D eigenvalue weighted by atomic mass is 10.3. The van der Waals surface area contributed by atoms with Crippen LogP contribution < -0.4 is 10.9 Å². The van der Waals surface area contributed by atoms with Gasteiger partial charge in [0, 0.05) is 18.5 Å². The van der Waals surface area contributed by atoms with Crippen LogP contribution in [0.5, 0.6) is 0 Å². The minimum absolute atomic E-state index is 0.0575. The Hall–Kier alpha value is -3.01. The largest absolute Gasteiger partial charge is 0.350 e. The Morgan fingerprint density at radius 3 is 2.89 bits per heavy atom. The fraction of sp³-hybridized carbons (Fsp3) is 0.353. The summed E-state index contributed by atoms with van der Waals surface area (Å²) in [4.78, 5) is 43.7. The summed E-state index contributed by atoms with van der Waals surface area (Å²) in [6, 6.07) is 3.85. The standard InChI is InChI=1S/C17H20N6O3S/c1-3-22(9-14(24)18-7-12-5-4-6-27-12)15(25)10-23-11-19-16-13(17(23)26)8-20-21(16)2/h4-6,8,11H,3,7,9-10H2,1-2H3,(H,18,24). The van der Waals surface area contributed by atoms with Gasteiger partial charge in [-0.2, -0.15) is 5.10 Å². The number of carbonyl (C=O) groups is 2. The molecule has 3 rings (SSSR count). The summed E-state index contributed by atoms with van der Waals surface area (Å²) in [6.45, 7) is 2.35. The number of carbonyl (C=O) groups excluding carboxylic acids is 2. The second-order valence-electron chi connectivity index (χ2n) is 5.95. The zero-order valence-electron chi connectivity index (χ0n) is 15.1. The number of hydrogen-bond donors (Lipinski definition) is 1. The monoisotopic (exact) mass is 388 g/mol. The quantitative estimate of drug-likeness (QED) is 0.629. The number of hydrogen-bond acceptors (Lipinski definition) is 6. The van der Waals surface area contributed by atoms with Crippen LogP contribution in [0, 0.1) is 0 Å². The van der Waals surface area contributed by atoms with Crippen LogP contribution in [0.25, 0.3) is 11.0 Å². The first-order chi connectivity index (χ1) is 13.0. The van der Waals surface area contributed by atoms with Crippen molar-refractivity contribution in [2.45, 2.75) is 20.0 Å². The molecule has 0 aromatic carbocycles. The Balaban J connectivity index is 1.63. The molecule has 0 bridgehead atoms. The first-order valence-electron chi connectivity index (χ1n) is 8.43. The normalized spacial score (nSPS) is 10.9. The van der Waals surface area contributed by atoms with E-state index < -0.39 is 0 Å². The summed E-state index contributed by atoms with van der Waals surface area (Å²) >= 11 is 1.55. The number of amides is 2. The van der Waals surface area contributed by atoms with Crippen molar-refractivity contribution in [2.24, 2.45) is 7.05 Å². The molecule has 142 valence electrons. The number of aryl methyl sites for hydroxylation is 1. The third kappa shape index (κ3) is 4.22. The van der Waals surface area contributed by atoms with Gasteiger partial charge in [0.05, 0.1) is 19.3 Å². The average molecular weight is 388 g/mol. The van der Waals surface area contributed by atoms with Gasteiger partial charge in [-0.25, -0.2) is 4.98 Å². The summed E-state index contributed by atoms with van der Waals surface area (Å²) in [5, 5.41) is 9.09. The Labute approximate surface area is 159 Å². The first kappa shape index (κ1) is 18.8. The molecular formula is C17H20N6O3S. The van der Waals surface area contributed by atoms with E-state index in [2.05, 4.69) is 15.4 Å². The molecule has 10 heteroatoms. The third-order valence-corrected chi connectivity index (χ3v) is 5.01. The Morgan fingerprint density at radius 1 is 1.37 bits per heavy atom. The molecule has 2 amide bonds. The van der Waals surface area contributed by atoms with E-state index in [0.29, 0.717) is 24.1 Å². The number of likely N-dealkylation sites (N-methyl/N-ethyl adjacent to an activating group) is 1. The van der Waals surface area contributed by atoms with Crippen LogP contribution >= 0.6 is 11.3 Å². The van der Waals surface area contributed by atoms with Crippen LogP contribution in [-0.2, 0) is 29.7 Å². The van der Waals surface area contributed by atoms with Crippen molar-refractivity contribution in [3.8, 4) is 0 Å². The molecule has 9 nitrogen and oxygen atoms in total. The first-order valence-corrected chi connectivity index (χ1v) is 9.31. The zero-order valence-corrected chi connectivity index (χ0v) is 15.9. The van der Waals surface area contributed by atoms with E-state index >= 15 is 0 Å². The van der Waals surface area contributed by atoms with Crippen LogP contribution in [0.3, 0.4) is 0 Å². The summed E-state index contributed by atoms with van der Waals surface area (Å²) in [6.07, 6.45) is 2.76. The van der Waals surface area contributed by atoms with E-state index in [1.165, 1.54) is 26.7 Å². The van der Waals surface area contributed by atoms with Crippen molar-refractivity contribution in [3.05, 3.63) is 45.3 Å². The number of nitrogens with zero attached hydrogens (tertiary/aromatic N) is 5. The number of thiophene rings is 1. The van der Waals surface area contributed by atoms with Crippen LogP contribution in [-0.4, -0.2) is 49.1 Å². The van der Waals surface area contributed by atoms with Crippen LogP contribution in [0.15, 0.2) is 34.8 Å². The highest BCUT2D eigenvalue weighted by Crippen LogP contribution is 2.07. The molecule has 0 spiro atoms. The maximum atomic E-state index is 12.5. The highest BCUT2D eigenvalue weighted by molar-refractivity contribution is 7.09. The van der Waals surface area contributed by atoms with Crippen molar-refractivity contribution in [3.63, 3.8) is 0 Å². The van der Waals surface area contributed by atoms with Crippen molar-refractivity contribution in [1.82, 2.24) is 29.5 Å². The van der Waals surface area contributed by atoms with Gasteiger partial charge < -0.3 is 10.2 Å². The fourth-order valence-corrected chi connectivity index (χ4v) is 3.27. The molecule has 0 saturated carbocycles. The van der Waals surface area contributed by atoms with E-state index in [0.717, 1.165) is 4.88 Å². The smallest absolute Gasteiger partial charge is 0.264 e. The summed E-state index contributed by atoms with van der Waals surface area (Å²) in [5.74, 6) is -0.567. The van der Waals surface area contributed by atoms with Gasteiger partial charge in [-0.05, 0) is 18.4 Å². The topological polar surface area (TPSA) is 102 Å². The Bertz CT molecular complexity index is 1010. The van der Waals surface area contributed by atoms with Crippen LogP contribution in [0.4, 0.5) is 0 Å². The lowest BCUT2D eigenvalue weighted by molar-refractivity contribution is -0.136. The van der Waals surface area contributed by atoms with Gasteiger partial charge >= 0.3 is 0 Å². The summed E-state index contributed by atoms with van der Waals surface area (Å²) in [7, 11) is 1.69. The van der Waals surface area contributed by atoms with Gasteiger partial charge in [0.1, 0.15) is 18.3 Å². The highest BCUT2D eigenvalue weighted by atomic mass is 32.1. The summed E-state index contributed by atoms with van der Waals surface area (Å²) in [5.41, 5.74) is 0.128. The zero-order chi connectivity index (χ0) is 19.4. The number of nitrogens with one attached hydrogen (secondary N) is 1. The van der Waals surface area contributed by atoms with Crippen molar-refractivity contribution in [2.75, 3.05) is 13.1 Å². The molecule has 0 atom stereocenters. The van der Waals surface area contributed by atoms with Crippen LogP contribution in [0.2, 0.25) is 0 Å². The highest BCUT2D eigenvalue weighted by Gasteiger charge is 2.18. The van der Waals surface area contributed by atoms with E-state index in [1.54, 1.807) is 25.3 Å². The van der Waals surface area contributed by atoms with Gasteiger partial charge in [-0.1, -0.05) is 6.07 Å². The molecule has 1 N–H and O–H groups in total. The van der Waals surface area contributed by atoms with Gasteiger partial charge in [0.25, 0.3) is 5.56 Å². The Kier molecular flexibility index (Phi) is 5.65. The number of aromatic nitrogens is 4. The summed E-state index contributed by atoms with van der Waals surface area (Å²) < 4.78 is 2.73. The van der Waals surface area contributed by atoms with E-state index in [-0.39, 0.29) is 30.5 Å². The van der Waals surface area contributed by atoms with Crippen LogP contribution in [0.1, 0.15) is 11.8 Å². The van der Waals surface area contributed by atoms with Gasteiger partial charge in [0.15, 0.2) is 5.65 Å². The maximum Gasteiger partial charge on any atom is 0.264 e. The molecule has 0 radical (unpaired) electrons.